The van der Waals surface area contributed by atoms with Crippen LogP contribution in [0.25, 0.3) is 45.8 Å². The lowest BCUT2D eigenvalue weighted by molar-refractivity contribution is 0.417. The molecule has 9 nitrogen and oxygen atoms in total. The second-order valence-electron chi connectivity index (χ2n) is 8.51. The molecule has 0 bridgehead atoms. The number of anilines is 3. The van der Waals surface area contributed by atoms with Crippen LogP contribution in [0.15, 0.2) is 104 Å². The maximum absolute atomic E-state index is 6.37. The fourth-order valence-electron chi connectivity index (χ4n) is 4.06. The number of ether oxygens (including phenoxy) is 1. The topological polar surface area (TPSA) is 125 Å². The van der Waals surface area contributed by atoms with Crippen LogP contribution in [-0.4, -0.2) is 27.5 Å². The summed E-state index contributed by atoms with van der Waals surface area (Å²) in [7, 11) is 1.58. The fourth-order valence-corrected chi connectivity index (χ4v) is 4.42. The van der Waals surface area contributed by atoms with Crippen LogP contribution in [0.2, 0.25) is 0 Å². The second kappa shape index (κ2) is 10.4. The van der Waals surface area contributed by atoms with E-state index in [-0.39, 0.29) is 5.89 Å². The van der Waals surface area contributed by atoms with Gasteiger partial charge in [0.2, 0.25) is 23.6 Å². The van der Waals surface area contributed by atoms with Gasteiger partial charge in [-0.15, -0.1) is 20.4 Å². The van der Waals surface area contributed by atoms with Crippen molar-refractivity contribution in [3.05, 3.63) is 95.5 Å². The third-order valence-corrected chi connectivity index (χ3v) is 6.47. The number of methoxy groups -OCH3 is 1. The van der Waals surface area contributed by atoms with Gasteiger partial charge in [0.05, 0.1) is 29.6 Å². The molecule has 6 rings (SSSR count). The third-order valence-electron chi connectivity index (χ3n) is 5.97. The molecular formula is C29H21BrN6O3. The Morgan fingerprint density at radius 3 is 1.82 bits per heavy atom. The minimum atomic E-state index is 0.288. The molecule has 0 aliphatic rings. The van der Waals surface area contributed by atoms with Crippen molar-refractivity contribution in [2.75, 3.05) is 18.2 Å². The molecule has 2 heterocycles. The minimum Gasteiger partial charge on any atom is -0.494 e. The molecule has 4 aromatic carbocycles. The van der Waals surface area contributed by atoms with Gasteiger partial charge in [0.15, 0.2) is 0 Å². The maximum atomic E-state index is 6.37. The van der Waals surface area contributed by atoms with Crippen molar-refractivity contribution in [2.45, 2.75) is 0 Å². The van der Waals surface area contributed by atoms with Crippen LogP contribution in [0, 0.1) is 0 Å². The van der Waals surface area contributed by atoms with Gasteiger partial charge in [0.25, 0.3) is 0 Å². The van der Waals surface area contributed by atoms with E-state index in [1.54, 1.807) is 13.2 Å². The Kier molecular flexibility index (Phi) is 6.52. The molecule has 0 unspecified atom stereocenters. The number of aromatic nitrogens is 4. The predicted molar refractivity (Wildman–Crippen MR) is 152 cm³/mol. The minimum absolute atomic E-state index is 0.288. The summed E-state index contributed by atoms with van der Waals surface area (Å²) in [6.45, 7) is 0. The summed E-state index contributed by atoms with van der Waals surface area (Å²) in [5, 5.41) is 20.4. The Morgan fingerprint density at radius 2 is 1.23 bits per heavy atom. The highest BCUT2D eigenvalue weighted by Gasteiger charge is 2.19. The maximum Gasteiger partial charge on any atom is 0.250 e. The first-order valence-electron chi connectivity index (χ1n) is 11.9. The Morgan fingerprint density at radius 1 is 0.667 bits per heavy atom. The van der Waals surface area contributed by atoms with E-state index in [0.29, 0.717) is 51.6 Å². The van der Waals surface area contributed by atoms with Crippen LogP contribution in [0.4, 0.5) is 17.1 Å². The number of halogens is 1. The summed E-state index contributed by atoms with van der Waals surface area (Å²) in [5.41, 5.74) is 11.0. The molecule has 0 amide bonds. The van der Waals surface area contributed by atoms with Crippen molar-refractivity contribution < 1.29 is 13.6 Å². The summed E-state index contributed by atoms with van der Waals surface area (Å²) >= 11 is 3.56. The van der Waals surface area contributed by atoms with Crippen LogP contribution < -0.4 is 15.8 Å². The third kappa shape index (κ3) is 4.97. The zero-order valence-electron chi connectivity index (χ0n) is 20.6. The molecule has 0 fully saturated rings. The molecule has 6 aromatic rings. The lowest BCUT2D eigenvalue weighted by Gasteiger charge is -2.16. The summed E-state index contributed by atoms with van der Waals surface area (Å²) < 4.78 is 18.5. The first-order chi connectivity index (χ1) is 19.1. The van der Waals surface area contributed by atoms with Gasteiger partial charge in [-0.25, -0.2) is 0 Å². The van der Waals surface area contributed by atoms with E-state index >= 15 is 0 Å². The summed E-state index contributed by atoms with van der Waals surface area (Å²) in [4.78, 5) is 0. The number of hydrogen-bond acceptors (Lipinski definition) is 9. The first kappa shape index (κ1) is 24.4. The van der Waals surface area contributed by atoms with Gasteiger partial charge in [0, 0.05) is 27.4 Å². The van der Waals surface area contributed by atoms with E-state index in [0.717, 1.165) is 15.6 Å². The zero-order valence-corrected chi connectivity index (χ0v) is 22.2. The first-order valence-corrected chi connectivity index (χ1v) is 12.7. The smallest absolute Gasteiger partial charge is 0.250 e. The molecule has 192 valence electrons. The molecule has 0 saturated carbocycles. The number of benzene rings is 4. The molecule has 10 heteroatoms. The Balaban J connectivity index is 1.38. The largest absolute Gasteiger partial charge is 0.494 e. The number of rotatable bonds is 7. The van der Waals surface area contributed by atoms with Crippen LogP contribution >= 0.6 is 15.9 Å². The Hall–Kier alpha value is -4.96. The van der Waals surface area contributed by atoms with Gasteiger partial charge < -0.3 is 24.6 Å². The van der Waals surface area contributed by atoms with Crippen molar-refractivity contribution >= 4 is 33.0 Å². The molecule has 2 aromatic heterocycles. The lowest BCUT2D eigenvalue weighted by Crippen LogP contribution is -2.00. The highest BCUT2D eigenvalue weighted by atomic mass is 79.9. The van der Waals surface area contributed by atoms with Crippen LogP contribution in [0.3, 0.4) is 0 Å². The highest BCUT2D eigenvalue weighted by molar-refractivity contribution is 9.10. The van der Waals surface area contributed by atoms with Gasteiger partial charge in [0.1, 0.15) is 5.75 Å². The summed E-state index contributed by atoms with van der Waals surface area (Å²) in [5.74, 6) is 2.01. The molecule has 39 heavy (non-hydrogen) atoms. The van der Waals surface area contributed by atoms with Gasteiger partial charge in [-0.05, 0) is 48.5 Å². The van der Waals surface area contributed by atoms with Crippen LogP contribution in [0.1, 0.15) is 0 Å². The summed E-state index contributed by atoms with van der Waals surface area (Å²) in [6.07, 6.45) is 0. The summed E-state index contributed by atoms with van der Waals surface area (Å²) in [6, 6.07) is 28.4. The molecule has 0 aliphatic heterocycles. The quantitative estimate of drug-likeness (QED) is 0.188. The lowest BCUT2D eigenvalue weighted by atomic mass is 10.1. The van der Waals surface area contributed by atoms with E-state index in [4.69, 9.17) is 19.3 Å². The van der Waals surface area contributed by atoms with Crippen molar-refractivity contribution in [2.24, 2.45) is 0 Å². The van der Waals surface area contributed by atoms with Gasteiger partial charge in [-0.3, -0.25) is 0 Å². The normalized spacial score (nSPS) is 10.9. The number of nitrogens with zero attached hydrogens (tertiary/aromatic N) is 4. The standard InChI is InChI=1S/C29H21BrN6O3/c1-37-25-16-22(31)21(29-36-34-27(39-29)18-10-6-3-7-11-18)15-24(25)32-23-14-19(30)12-13-20(23)28-35-33-26(38-28)17-8-4-2-5-9-17/h2-16,32H,31H2,1H3. The molecule has 0 radical (unpaired) electrons. The molecule has 0 aliphatic carbocycles. The Bertz CT molecular complexity index is 1750. The molecular weight excluding hydrogens is 560 g/mol. The molecule has 0 spiro atoms. The van der Waals surface area contributed by atoms with Crippen molar-refractivity contribution in [3.8, 4) is 51.6 Å². The predicted octanol–water partition coefficient (Wildman–Crippen LogP) is 7.22. The average molecular weight is 581 g/mol. The average Bonchev–Trinajstić information content (AvgIpc) is 3.66. The highest BCUT2D eigenvalue weighted by Crippen LogP contribution is 2.40. The number of nitrogen functional groups attached to an aromatic ring is 1. The van der Waals surface area contributed by atoms with Gasteiger partial charge in [-0.2, -0.15) is 0 Å². The fraction of sp³-hybridized carbons (Fsp3) is 0.0345. The number of hydrogen-bond donors (Lipinski definition) is 2. The van der Waals surface area contributed by atoms with Gasteiger partial charge >= 0.3 is 0 Å². The molecule has 0 atom stereocenters. The number of nitrogens with one attached hydrogen (secondary N) is 1. The second-order valence-corrected chi connectivity index (χ2v) is 9.43. The van der Waals surface area contributed by atoms with E-state index in [2.05, 4.69) is 41.6 Å². The molecule has 0 saturated heterocycles. The van der Waals surface area contributed by atoms with Crippen LogP contribution in [-0.2, 0) is 0 Å². The van der Waals surface area contributed by atoms with E-state index < -0.39 is 0 Å². The van der Waals surface area contributed by atoms with E-state index in [1.165, 1.54) is 0 Å². The van der Waals surface area contributed by atoms with Crippen molar-refractivity contribution in [1.29, 1.82) is 0 Å². The SMILES string of the molecule is COc1cc(N)c(-c2nnc(-c3ccccc3)o2)cc1Nc1cc(Br)ccc1-c1nnc(-c2ccccc2)o1. The monoisotopic (exact) mass is 580 g/mol. The zero-order chi connectivity index (χ0) is 26.8. The van der Waals surface area contributed by atoms with Crippen molar-refractivity contribution in [3.63, 3.8) is 0 Å². The Labute approximate surface area is 231 Å². The molecule has 3 N–H and O–H groups in total. The van der Waals surface area contributed by atoms with Gasteiger partial charge in [-0.1, -0.05) is 52.3 Å². The van der Waals surface area contributed by atoms with Crippen LogP contribution in [0.5, 0.6) is 5.75 Å². The number of nitrogens with two attached hydrogens (primary N) is 1. The van der Waals surface area contributed by atoms with E-state index in [1.807, 2.05) is 84.9 Å². The van der Waals surface area contributed by atoms with Crippen molar-refractivity contribution in [1.82, 2.24) is 20.4 Å². The van der Waals surface area contributed by atoms with E-state index in [9.17, 15) is 0 Å².